The molecule has 0 aromatic heterocycles. The second-order valence-electron chi connectivity index (χ2n) is 3.14. The maximum absolute atomic E-state index is 11.7. The number of ether oxygens (including phenoxy) is 1. The molecule has 1 aromatic carbocycles. The molecule has 4 nitrogen and oxygen atoms in total. The van der Waals surface area contributed by atoms with Gasteiger partial charge in [-0.1, -0.05) is 0 Å². The van der Waals surface area contributed by atoms with E-state index in [2.05, 4.69) is 0 Å². The molecule has 0 saturated carbocycles. The van der Waals surface area contributed by atoms with Crippen LogP contribution in [0.2, 0.25) is 0 Å². The quantitative estimate of drug-likeness (QED) is 0.811. The van der Waals surface area contributed by atoms with E-state index in [1.165, 1.54) is 7.11 Å². The molecule has 0 fully saturated rings. The van der Waals surface area contributed by atoms with E-state index in [1.54, 1.807) is 24.3 Å². The van der Waals surface area contributed by atoms with Gasteiger partial charge in [0.25, 0.3) is 0 Å². The van der Waals surface area contributed by atoms with Crippen LogP contribution in [0.5, 0.6) is 5.75 Å². The highest BCUT2D eigenvalue weighted by Crippen LogP contribution is 2.16. The van der Waals surface area contributed by atoms with Gasteiger partial charge in [-0.05, 0) is 37.2 Å². The molecular formula is C10H15NO3S. The second kappa shape index (κ2) is 5.14. The molecular weight excluding hydrogens is 214 g/mol. The normalized spacial score (nSPS) is 11.3. The number of benzene rings is 1. The van der Waals surface area contributed by atoms with Crippen molar-refractivity contribution in [2.75, 3.05) is 19.4 Å². The number of rotatable bonds is 5. The van der Waals surface area contributed by atoms with Crippen LogP contribution in [0.4, 0.5) is 0 Å². The largest absolute Gasteiger partial charge is 0.497 e. The molecule has 2 N–H and O–H groups in total. The summed E-state index contributed by atoms with van der Waals surface area (Å²) in [5.41, 5.74) is 5.27. The summed E-state index contributed by atoms with van der Waals surface area (Å²) in [7, 11) is -1.64. The highest BCUT2D eigenvalue weighted by molar-refractivity contribution is 7.91. The molecule has 5 heteroatoms. The highest BCUT2D eigenvalue weighted by Gasteiger charge is 2.13. The van der Waals surface area contributed by atoms with Gasteiger partial charge in [0.05, 0.1) is 17.8 Å². The standard InChI is InChI=1S/C10H15NO3S/c1-14-9-3-5-10(6-4-9)15(12,13)8-2-7-11/h3-6H,2,7-8,11H2,1H3. The van der Waals surface area contributed by atoms with Crippen LogP contribution in [0.15, 0.2) is 29.2 Å². The van der Waals surface area contributed by atoms with Crippen molar-refractivity contribution in [3.8, 4) is 5.75 Å². The summed E-state index contributed by atoms with van der Waals surface area (Å²) in [5.74, 6) is 0.739. The minimum Gasteiger partial charge on any atom is -0.497 e. The van der Waals surface area contributed by atoms with Gasteiger partial charge in [0.15, 0.2) is 9.84 Å². The lowest BCUT2D eigenvalue weighted by molar-refractivity contribution is 0.414. The average Bonchev–Trinajstić information content (AvgIpc) is 2.26. The second-order valence-corrected chi connectivity index (χ2v) is 5.25. The monoisotopic (exact) mass is 229 g/mol. The van der Waals surface area contributed by atoms with Crippen LogP contribution in [0, 0.1) is 0 Å². The fourth-order valence-electron chi connectivity index (χ4n) is 1.17. The van der Waals surface area contributed by atoms with Crippen LogP contribution >= 0.6 is 0 Å². The Labute approximate surface area is 90.0 Å². The zero-order valence-corrected chi connectivity index (χ0v) is 9.46. The average molecular weight is 229 g/mol. The first-order chi connectivity index (χ1) is 7.10. The smallest absolute Gasteiger partial charge is 0.178 e. The van der Waals surface area contributed by atoms with Crippen molar-refractivity contribution in [2.24, 2.45) is 5.73 Å². The summed E-state index contributed by atoms with van der Waals surface area (Å²) in [4.78, 5) is 0.316. The van der Waals surface area contributed by atoms with Crippen molar-refractivity contribution in [3.63, 3.8) is 0 Å². The summed E-state index contributed by atoms with van der Waals surface area (Å²) in [6.45, 7) is 0.384. The van der Waals surface area contributed by atoms with Crippen molar-refractivity contribution >= 4 is 9.84 Å². The lowest BCUT2D eigenvalue weighted by atomic mass is 10.3. The van der Waals surface area contributed by atoms with E-state index in [9.17, 15) is 8.42 Å². The van der Waals surface area contributed by atoms with Gasteiger partial charge < -0.3 is 10.5 Å². The Morgan fingerprint density at radius 2 is 1.87 bits per heavy atom. The van der Waals surface area contributed by atoms with E-state index in [0.29, 0.717) is 23.6 Å². The number of hydrogen-bond acceptors (Lipinski definition) is 4. The molecule has 84 valence electrons. The van der Waals surface area contributed by atoms with E-state index < -0.39 is 9.84 Å². The molecule has 0 aliphatic carbocycles. The van der Waals surface area contributed by atoms with Crippen LogP contribution in [0.25, 0.3) is 0 Å². The molecule has 0 spiro atoms. The summed E-state index contributed by atoms with van der Waals surface area (Å²) < 4.78 is 28.3. The number of hydrogen-bond donors (Lipinski definition) is 1. The van der Waals surface area contributed by atoms with Gasteiger partial charge in [-0.3, -0.25) is 0 Å². The molecule has 0 saturated heterocycles. The Kier molecular flexibility index (Phi) is 4.11. The Morgan fingerprint density at radius 3 is 2.33 bits per heavy atom. The van der Waals surface area contributed by atoms with Crippen LogP contribution in [0.1, 0.15) is 6.42 Å². The van der Waals surface area contributed by atoms with Crippen LogP contribution in [-0.2, 0) is 9.84 Å². The molecule has 15 heavy (non-hydrogen) atoms. The Bertz CT molecular complexity index is 397. The zero-order valence-electron chi connectivity index (χ0n) is 8.64. The molecule has 0 aliphatic heterocycles. The topological polar surface area (TPSA) is 69.4 Å². The summed E-state index contributed by atoms with van der Waals surface area (Å²) in [6.07, 6.45) is 0.481. The molecule has 0 heterocycles. The van der Waals surface area contributed by atoms with Crippen molar-refractivity contribution < 1.29 is 13.2 Å². The van der Waals surface area contributed by atoms with E-state index in [4.69, 9.17) is 10.5 Å². The number of nitrogens with two attached hydrogens (primary N) is 1. The molecule has 1 rings (SSSR count). The van der Waals surface area contributed by atoms with Crippen molar-refractivity contribution in [1.29, 1.82) is 0 Å². The number of methoxy groups -OCH3 is 1. The predicted molar refractivity (Wildman–Crippen MR) is 58.7 cm³/mol. The Morgan fingerprint density at radius 1 is 1.27 bits per heavy atom. The molecule has 0 aliphatic rings. The maximum Gasteiger partial charge on any atom is 0.178 e. The molecule has 0 unspecified atom stereocenters. The third-order valence-electron chi connectivity index (χ3n) is 2.04. The van der Waals surface area contributed by atoms with E-state index in [-0.39, 0.29) is 5.75 Å². The molecule has 0 amide bonds. The molecule has 0 atom stereocenters. The lowest BCUT2D eigenvalue weighted by Gasteiger charge is -2.04. The van der Waals surface area contributed by atoms with E-state index >= 15 is 0 Å². The SMILES string of the molecule is COc1ccc(S(=O)(=O)CCCN)cc1. The first kappa shape index (κ1) is 12.0. The first-order valence-corrected chi connectivity index (χ1v) is 6.32. The van der Waals surface area contributed by atoms with Gasteiger partial charge in [-0.2, -0.15) is 0 Å². The van der Waals surface area contributed by atoms with E-state index in [1.807, 2.05) is 0 Å². The van der Waals surface area contributed by atoms with Crippen LogP contribution in [-0.4, -0.2) is 27.8 Å². The summed E-state index contributed by atoms with van der Waals surface area (Å²) in [6, 6.07) is 6.36. The first-order valence-electron chi connectivity index (χ1n) is 4.67. The van der Waals surface area contributed by atoms with E-state index in [0.717, 1.165) is 0 Å². The zero-order chi connectivity index (χ0) is 11.3. The predicted octanol–water partition coefficient (Wildman–Crippen LogP) is 0.818. The molecule has 0 bridgehead atoms. The third kappa shape index (κ3) is 3.21. The lowest BCUT2D eigenvalue weighted by Crippen LogP contribution is -2.11. The minimum atomic E-state index is -3.18. The Hall–Kier alpha value is -1.07. The highest BCUT2D eigenvalue weighted by atomic mass is 32.2. The van der Waals surface area contributed by atoms with Crippen LogP contribution < -0.4 is 10.5 Å². The summed E-state index contributed by atoms with van der Waals surface area (Å²) >= 11 is 0. The van der Waals surface area contributed by atoms with Gasteiger partial charge in [-0.15, -0.1) is 0 Å². The Balaban J connectivity index is 2.86. The maximum atomic E-state index is 11.7. The van der Waals surface area contributed by atoms with Crippen molar-refractivity contribution in [2.45, 2.75) is 11.3 Å². The van der Waals surface area contributed by atoms with Crippen molar-refractivity contribution in [1.82, 2.24) is 0 Å². The van der Waals surface area contributed by atoms with Gasteiger partial charge >= 0.3 is 0 Å². The third-order valence-corrected chi connectivity index (χ3v) is 3.85. The van der Waals surface area contributed by atoms with Gasteiger partial charge in [-0.25, -0.2) is 8.42 Å². The fraction of sp³-hybridized carbons (Fsp3) is 0.400. The van der Waals surface area contributed by atoms with Crippen LogP contribution in [0.3, 0.4) is 0 Å². The van der Waals surface area contributed by atoms with Crippen molar-refractivity contribution in [3.05, 3.63) is 24.3 Å². The van der Waals surface area contributed by atoms with Gasteiger partial charge in [0, 0.05) is 0 Å². The molecule has 0 radical (unpaired) electrons. The fourth-order valence-corrected chi connectivity index (χ4v) is 2.51. The van der Waals surface area contributed by atoms with Gasteiger partial charge in [0.2, 0.25) is 0 Å². The number of sulfone groups is 1. The summed E-state index contributed by atoms with van der Waals surface area (Å²) in [5, 5.41) is 0. The minimum absolute atomic E-state index is 0.0931. The van der Waals surface area contributed by atoms with Gasteiger partial charge in [0.1, 0.15) is 5.75 Å². The molecule has 1 aromatic rings.